The molecular weight excluding hydrogens is 532 g/mol. The monoisotopic (exact) mass is 562 g/mol. The van der Waals surface area contributed by atoms with Gasteiger partial charge in [0.1, 0.15) is 5.82 Å². The first-order valence-electron chi connectivity index (χ1n) is 13.9. The van der Waals surface area contributed by atoms with Crippen LogP contribution < -0.4 is 10.6 Å². The zero-order valence-corrected chi connectivity index (χ0v) is 23.2. The molecule has 1 aromatic heterocycles. The third kappa shape index (κ3) is 5.38. The molecule has 6 rings (SSSR count). The highest BCUT2D eigenvalue weighted by molar-refractivity contribution is 6.37. The van der Waals surface area contributed by atoms with Crippen LogP contribution in [0.25, 0.3) is 22.7 Å². The Hall–Kier alpha value is -5.25. The molecule has 0 bridgehead atoms. The number of non-ortho nitro benzene ring substituents is 1. The van der Waals surface area contributed by atoms with Crippen LogP contribution in [-0.4, -0.2) is 44.3 Å². The average Bonchev–Trinajstić information content (AvgIpc) is 3.70. The van der Waals surface area contributed by atoms with Crippen molar-refractivity contribution in [1.82, 2.24) is 14.5 Å². The van der Waals surface area contributed by atoms with E-state index in [1.165, 1.54) is 12.1 Å². The van der Waals surface area contributed by atoms with Crippen LogP contribution in [0.15, 0.2) is 79.1 Å². The lowest BCUT2D eigenvalue weighted by atomic mass is 9.98. The number of rotatable bonds is 9. The number of nitro groups is 1. The molecule has 2 N–H and O–H groups in total. The molecule has 42 heavy (non-hydrogen) atoms. The standard InChI is InChI=1S/C32H30N6O4/c1-36-19-16-33-31(36)23-10-12-24(13-11-23)34-30(29-26-20-25(38(41)42)14-15-27(26)35-32(29)40)22-8-6-21(7-9-22)4-2-17-37-18-3-5-28(37)39/h6-16,19-20,34H,2-5,17-18H2,1H3,(H,35,40)/b30-29-. The predicted molar refractivity (Wildman–Crippen MR) is 161 cm³/mol. The first-order chi connectivity index (χ1) is 20.4. The summed E-state index contributed by atoms with van der Waals surface area (Å²) in [5.74, 6) is 0.731. The largest absolute Gasteiger partial charge is 0.354 e. The van der Waals surface area contributed by atoms with Gasteiger partial charge in [0.25, 0.3) is 11.6 Å². The highest BCUT2D eigenvalue weighted by Gasteiger charge is 2.30. The van der Waals surface area contributed by atoms with Crippen LogP contribution in [-0.2, 0) is 23.1 Å². The number of carbonyl (C=O) groups is 2. The van der Waals surface area contributed by atoms with Crippen molar-refractivity contribution in [1.29, 1.82) is 0 Å². The van der Waals surface area contributed by atoms with E-state index in [1.54, 1.807) is 12.3 Å². The van der Waals surface area contributed by atoms with E-state index in [0.717, 1.165) is 60.6 Å². The summed E-state index contributed by atoms with van der Waals surface area (Å²) < 4.78 is 1.94. The van der Waals surface area contributed by atoms with Crippen LogP contribution in [0.5, 0.6) is 0 Å². The molecule has 10 heteroatoms. The number of amides is 2. The molecule has 0 aliphatic carbocycles. The van der Waals surface area contributed by atoms with E-state index >= 15 is 0 Å². The fourth-order valence-electron chi connectivity index (χ4n) is 5.54. The maximum absolute atomic E-state index is 13.3. The average molecular weight is 563 g/mol. The summed E-state index contributed by atoms with van der Waals surface area (Å²) in [4.78, 5) is 42.6. The van der Waals surface area contributed by atoms with Gasteiger partial charge in [0, 0.05) is 73.6 Å². The quantitative estimate of drug-likeness (QED) is 0.158. The van der Waals surface area contributed by atoms with Crippen LogP contribution in [0.2, 0.25) is 0 Å². The van der Waals surface area contributed by atoms with Gasteiger partial charge in [-0.05, 0) is 60.7 Å². The second-order valence-corrected chi connectivity index (χ2v) is 10.5. The van der Waals surface area contributed by atoms with Gasteiger partial charge in [-0.2, -0.15) is 0 Å². The first kappa shape index (κ1) is 26.9. The second kappa shape index (κ2) is 11.3. The third-order valence-electron chi connectivity index (χ3n) is 7.75. The Morgan fingerprint density at radius 1 is 1.07 bits per heavy atom. The van der Waals surface area contributed by atoms with Gasteiger partial charge in [0.05, 0.1) is 16.2 Å². The summed E-state index contributed by atoms with van der Waals surface area (Å²) in [6, 6.07) is 20.1. The lowest BCUT2D eigenvalue weighted by molar-refractivity contribution is -0.384. The summed E-state index contributed by atoms with van der Waals surface area (Å²) in [7, 11) is 1.93. The number of nitrogens with one attached hydrogen (secondary N) is 2. The van der Waals surface area contributed by atoms with Crippen molar-refractivity contribution < 1.29 is 14.5 Å². The number of hydrogen-bond acceptors (Lipinski definition) is 6. The van der Waals surface area contributed by atoms with Crippen LogP contribution in [0.4, 0.5) is 17.1 Å². The molecule has 2 amide bonds. The zero-order chi connectivity index (χ0) is 29.2. The molecule has 0 atom stereocenters. The number of hydrogen-bond donors (Lipinski definition) is 2. The SMILES string of the molecule is Cn1ccnc1-c1ccc(N/C(=C2\C(=O)Nc3ccc([N+](=O)[O-])cc32)c2ccc(CCCN3CCCC3=O)cc2)cc1. The minimum atomic E-state index is -0.464. The lowest BCUT2D eigenvalue weighted by Gasteiger charge is -2.16. The zero-order valence-electron chi connectivity index (χ0n) is 23.2. The molecular formula is C32H30N6O4. The number of imidazole rings is 1. The van der Waals surface area contributed by atoms with Crippen molar-refractivity contribution in [3.05, 3.63) is 106 Å². The molecule has 2 aliphatic rings. The molecule has 2 aliphatic heterocycles. The number of nitrogens with zero attached hydrogens (tertiary/aromatic N) is 4. The summed E-state index contributed by atoms with van der Waals surface area (Å²) in [5.41, 5.74) is 5.38. The molecule has 10 nitrogen and oxygen atoms in total. The Balaban J connectivity index is 1.32. The smallest absolute Gasteiger partial charge is 0.270 e. The number of carbonyl (C=O) groups excluding carboxylic acids is 2. The van der Waals surface area contributed by atoms with Crippen LogP contribution in [0.1, 0.15) is 36.0 Å². The summed E-state index contributed by atoms with van der Waals surface area (Å²) in [6.45, 7) is 1.59. The number of aryl methyl sites for hydroxylation is 2. The molecule has 1 saturated heterocycles. The molecule has 0 radical (unpaired) electrons. The van der Waals surface area contributed by atoms with Crippen molar-refractivity contribution in [2.24, 2.45) is 7.05 Å². The Labute approximate surface area is 242 Å². The number of anilines is 2. The molecule has 0 spiro atoms. The molecule has 0 unspecified atom stereocenters. The number of nitro benzene ring substituents is 1. The predicted octanol–water partition coefficient (Wildman–Crippen LogP) is 5.48. The van der Waals surface area contributed by atoms with Crippen LogP contribution >= 0.6 is 0 Å². The highest BCUT2D eigenvalue weighted by Crippen LogP contribution is 2.39. The van der Waals surface area contributed by atoms with Gasteiger partial charge in [0.15, 0.2) is 0 Å². The van der Waals surface area contributed by atoms with Gasteiger partial charge < -0.3 is 20.1 Å². The number of likely N-dealkylation sites (tertiary alicyclic amines) is 1. The molecule has 3 aromatic carbocycles. The fourth-order valence-corrected chi connectivity index (χ4v) is 5.54. The van der Waals surface area contributed by atoms with Gasteiger partial charge in [-0.1, -0.05) is 24.3 Å². The summed E-state index contributed by atoms with van der Waals surface area (Å²) in [6.07, 6.45) is 6.91. The van der Waals surface area contributed by atoms with E-state index in [9.17, 15) is 19.7 Å². The summed E-state index contributed by atoms with van der Waals surface area (Å²) in [5, 5.41) is 17.8. The van der Waals surface area contributed by atoms with E-state index in [-0.39, 0.29) is 17.5 Å². The van der Waals surface area contributed by atoms with Gasteiger partial charge >= 0.3 is 0 Å². The fraction of sp³-hybridized carbons (Fsp3) is 0.219. The maximum Gasteiger partial charge on any atom is 0.270 e. The van der Waals surface area contributed by atoms with Crippen molar-refractivity contribution >= 4 is 40.1 Å². The highest BCUT2D eigenvalue weighted by atomic mass is 16.6. The van der Waals surface area contributed by atoms with Crippen molar-refractivity contribution in [2.75, 3.05) is 23.7 Å². The molecule has 4 aromatic rings. The Morgan fingerprint density at radius 2 is 1.86 bits per heavy atom. The second-order valence-electron chi connectivity index (χ2n) is 10.5. The number of aromatic nitrogens is 2. The summed E-state index contributed by atoms with van der Waals surface area (Å²) >= 11 is 0. The van der Waals surface area contributed by atoms with Crippen molar-refractivity contribution in [3.8, 4) is 11.4 Å². The van der Waals surface area contributed by atoms with E-state index in [4.69, 9.17) is 0 Å². The van der Waals surface area contributed by atoms with Crippen LogP contribution in [0.3, 0.4) is 0 Å². The minimum absolute atomic E-state index is 0.0895. The lowest BCUT2D eigenvalue weighted by Crippen LogP contribution is -2.25. The topological polar surface area (TPSA) is 122 Å². The van der Waals surface area contributed by atoms with E-state index in [1.807, 2.05) is 71.2 Å². The number of benzene rings is 3. The van der Waals surface area contributed by atoms with Crippen molar-refractivity contribution in [3.63, 3.8) is 0 Å². The maximum atomic E-state index is 13.3. The van der Waals surface area contributed by atoms with Gasteiger partial charge in [-0.15, -0.1) is 0 Å². The molecule has 0 saturated carbocycles. The number of fused-ring (bicyclic) bond motifs is 1. The third-order valence-corrected chi connectivity index (χ3v) is 7.75. The molecule has 1 fully saturated rings. The Morgan fingerprint density at radius 3 is 2.52 bits per heavy atom. The normalized spacial score (nSPS) is 15.5. The van der Waals surface area contributed by atoms with Gasteiger partial charge in [-0.25, -0.2) is 4.98 Å². The molecule has 212 valence electrons. The Kier molecular flexibility index (Phi) is 7.26. The minimum Gasteiger partial charge on any atom is -0.354 e. The molecule has 3 heterocycles. The first-order valence-corrected chi connectivity index (χ1v) is 13.9. The van der Waals surface area contributed by atoms with Crippen molar-refractivity contribution in [2.45, 2.75) is 25.7 Å². The van der Waals surface area contributed by atoms with E-state index < -0.39 is 4.92 Å². The van der Waals surface area contributed by atoms with E-state index in [2.05, 4.69) is 15.6 Å². The van der Waals surface area contributed by atoms with Crippen LogP contribution in [0, 0.1) is 10.1 Å². The van der Waals surface area contributed by atoms with Gasteiger partial charge in [0.2, 0.25) is 5.91 Å². The van der Waals surface area contributed by atoms with Gasteiger partial charge in [-0.3, -0.25) is 19.7 Å². The Bertz CT molecular complexity index is 1710. The van der Waals surface area contributed by atoms with E-state index in [0.29, 0.717) is 28.9 Å².